The van der Waals surface area contributed by atoms with Crippen LogP contribution in [0.4, 0.5) is 13.2 Å². The van der Waals surface area contributed by atoms with Gasteiger partial charge in [0.1, 0.15) is 0 Å². The fourth-order valence-electron chi connectivity index (χ4n) is 1.77. The molecule has 0 aliphatic carbocycles. The molecule has 105 valence electrons. The molecule has 0 unspecified atom stereocenters. The summed E-state index contributed by atoms with van der Waals surface area (Å²) >= 11 is 0. The van der Waals surface area contributed by atoms with Crippen LogP contribution in [0.2, 0.25) is 0 Å². The molecule has 1 radical (unpaired) electrons. The molecule has 0 bridgehead atoms. The Bertz CT molecular complexity index is 464. The van der Waals surface area contributed by atoms with E-state index in [4.69, 9.17) is 0 Å². The average Bonchev–Trinajstić information content (AvgIpc) is 2.23. The minimum Gasteiger partial charge on any atom is -0.265 e. The van der Waals surface area contributed by atoms with Gasteiger partial charge in [-0.15, -0.1) is 0 Å². The maximum atomic E-state index is 12.6. The van der Waals surface area contributed by atoms with Crippen LogP contribution in [0.25, 0.3) is 0 Å². The molecule has 0 N–H and O–H groups in total. The first-order valence-corrected chi connectivity index (χ1v) is 5.67. The molecule has 0 saturated heterocycles. The maximum absolute atomic E-state index is 12.6. The third-order valence-corrected chi connectivity index (χ3v) is 2.73. The van der Waals surface area contributed by atoms with Gasteiger partial charge in [0.05, 0.1) is 11.5 Å². The lowest BCUT2D eigenvalue weighted by atomic mass is 9.76. The van der Waals surface area contributed by atoms with Crippen LogP contribution < -0.4 is 0 Å². The second kappa shape index (κ2) is 5.19. The molecule has 1 rings (SSSR count). The Morgan fingerprint density at radius 1 is 1.26 bits per heavy atom. The van der Waals surface area contributed by atoms with Crippen molar-refractivity contribution >= 4 is 0 Å². The SMILES string of the molecule is CC(C)(C)[C](C[N+](=O)[O-])c1cccc(C(F)(F)F)c1. The second-order valence-corrected chi connectivity index (χ2v) is 5.30. The predicted molar refractivity (Wildman–Crippen MR) is 65.1 cm³/mol. The molecule has 0 fully saturated rings. The number of hydrogen-bond acceptors (Lipinski definition) is 2. The lowest BCUT2D eigenvalue weighted by Gasteiger charge is -2.27. The highest BCUT2D eigenvalue weighted by atomic mass is 19.4. The van der Waals surface area contributed by atoms with Gasteiger partial charge in [0, 0.05) is 4.92 Å². The van der Waals surface area contributed by atoms with E-state index in [-0.39, 0.29) is 5.56 Å². The third-order valence-electron chi connectivity index (χ3n) is 2.73. The van der Waals surface area contributed by atoms with E-state index in [2.05, 4.69) is 0 Å². The van der Waals surface area contributed by atoms with Gasteiger partial charge in [0.25, 0.3) is 0 Å². The van der Waals surface area contributed by atoms with Crippen LogP contribution in [0.15, 0.2) is 24.3 Å². The van der Waals surface area contributed by atoms with Gasteiger partial charge in [0.2, 0.25) is 6.54 Å². The van der Waals surface area contributed by atoms with Gasteiger partial charge in [-0.25, -0.2) is 0 Å². The van der Waals surface area contributed by atoms with Crippen LogP contribution in [0.5, 0.6) is 0 Å². The summed E-state index contributed by atoms with van der Waals surface area (Å²) < 4.78 is 37.9. The van der Waals surface area contributed by atoms with Gasteiger partial charge in [-0.05, 0) is 17.0 Å². The monoisotopic (exact) mass is 274 g/mol. The topological polar surface area (TPSA) is 43.1 Å². The van der Waals surface area contributed by atoms with Gasteiger partial charge in [0.15, 0.2) is 0 Å². The van der Waals surface area contributed by atoms with E-state index in [1.807, 2.05) is 0 Å². The average molecular weight is 274 g/mol. The zero-order valence-electron chi connectivity index (χ0n) is 10.9. The zero-order chi connectivity index (χ0) is 14.8. The van der Waals surface area contributed by atoms with Crippen molar-refractivity contribution in [2.24, 2.45) is 5.41 Å². The second-order valence-electron chi connectivity index (χ2n) is 5.30. The van der Waals surface area contributed by atoms with Crippen LogP contribution in [0.3, 0.4) is 0 Å². The lowest BCUT2D eigenvalue weighted by molar-refractivity contribution is -0.476. The van der Waals surface area contributed by atoms with Crippen molar-refractivity contribution in [3.63, 3.8) is 0 Å². The summed E-state index contributed by atoms with van der Waals surface area (Å²) in [4.78, 5) is 10.1. The number of nitrogens with zero attached hydrogens (tertiary/aromatic N) is 1. The molecule has 0 aliphatic rings. The molecule has 0 spiro atoms. The van der Waals surface area contributed by atoms with Gasteiger partial charge >= 0.3 is 6.18 Å². The molecular formula is C13H15F3NO2. The van der Waals surface area contributed by atoms with Crippen molar-refractivity contribution in [3.05, 3.63) is 51.4 Å². The summed E-state index contributed by atoms with van der Waals surface area (Å²) in [5.41, 5.74) is -1.11. The molecule has 0 saturated carbocycles. The number of benzene rings is 1. The lowest BCUT2D eigenvalue weighted by Crippen LogP contribution is -2.27. The molecule has 0 aliphatic heterocycles. The summed E-state index contributed by atoms with van der Waals surface area (Å²) in [6.07, 6.45) is -4.45. The van der Waals surface area contributed by atoms with E-state index in [0.29, 0.717) is 5.92 Å². The smallest absolute Gasteiger partial charge is 0.265 e. The third kappa shape index (κ3) is 4.22. The van der Waals surface area contributed by atoms with Crippen molar-refractivity contribution in [1.29, 1.82) is 0 Å². The molecule has 0 heterocycles. The molecular weight excluding hydrogens is 259 g/mol. The Morgan fingerprint density at radius 3 is 2.26 bits per heavy atom. The Kier molecular flexibility index (Phi) is 4.22. The molecule has 1 aromatic rings. The number of rotatable bonds is 3. The van der Waals surface area contributed by atoms with Gasteiger partial charge in [-0.2, -0.15) is 13.2 Å². The largest absolute Gasteiger partial charge is 0.416 e. The highest BCUT2D eigenvalue weighted by molar-refractivity contribution is 5.38. The van der Waals surface area contributed by atoms with Crippen LogP contribution >= 0.6 is 0 Å². The zero-order valence-corrected chi connectivity index (χ0v) is 10.9. The first-order chi connectivity index (χ1) is 8.51. The van der Waals surface area contributed by atoms with Crippen LogP contribution in [-0.4, -0.2) is 11.5 Å². The van der Waals surface area contributed by atoms with Crippen molar-refractivity contribution in [1.82, 2.24) is 0 Å². The number of nitro groups is 1. The Labute approximate surface area is 109 Å². The molecule has 6 heteroatoms. The van der Waals surface area contributed by atoms with E-state index >= 15 is 0 Å². The highest BCUT2D eigenvalue weighted by Crippen LogP contribution is 2.37. The van der Waals surface area contributed by atoms with Crippen LogP contribution in [0, 0.1) is 21.4 Å². The van der Waals surface area contributed by atoms with E-state index in [1.165, 1.54) is 12.1 Å². The van der Waals surface area contributed by atoms with E-state index in [9.17, 15) is 23.3 Å². The van der Waals surface area contributed by atoms with Gasteiger partial charge in [-0.3, -0.25) is 10.1 Å². The Balaban J connectivity index is 3.20. The molecule has 1 aromatic carbocycles. The van der Waals surface area contributed by atoms with Crippen LogP contribution in [-0.2, 0) is 6.18 Å². The fourth-order valence-corrected chi connectivity index (χ4v) is 1.77. The van der Waals surface area contributed by atoms with Crippen molar-refractivity contribution in [3.8, 4) is 0 Å². The number of halogens is 3. The van der Waals surface area contributed by atoms with Crippen molar-refractivity contribution < 1.29 is 18.1 Å². The standard InChI is InChI=1S/C13H15F3NO2/c1-12(2,3)11(8-17(18)19)9-5-4-6-10(7-9)13(14,15)16/h4-7H,8H2,1-3H3. The van der Waals surface area contributed by atoms with Gasteiger partial charge < -0.3 is 0 Å². The first kappa shape index (κ1) is 15.5. The summed E-state index contributed by atoms with van der Waals surface area (Å²) in [5, 5.41) is 10.7. The minimum absolute atomic E-state index is 0.263. The Hall–Kier alpha value is -1.59. The summed E-state index contributed by atoms with van der Waals surface area (Å²) in [6, 6.07) is 4.66. The first-order valence-electron chi connectivity index (χ1n) is 5.67. The number of hydrogen-bond donors (Lipinski definition) is 0. The summed E-state index contributed by atoms with van der Waals surface area (Å²) in [7, 11) is 0. The molecule has 19 heavy (non-hydrogen) atoms. The normalized spacial score (nSPS) is 12.8. The predicted octanol–water partition coefficient (Wildman–Crippen LogP) is 3.95. The summed E-state index contributed by atoms with van der Waals surface area (Å²) in [6.45, 7) is 4.76. The molecule has 0 atom stereocenters. The number of alkyl halides is 3. The van der Waals surface area contributed by atoms with Crippen molar-refractivity contribution in [2.75, 3.05) is 6.54 Å². The van der Waals surface area contributed by atoms with E-state index in [0.717, 1.165) is 12.1 Å². The van der Waals surface area contributed by atoms with E-state index in [1.54, 1.807) is 20.8 Å². The molecule has 0 aromatic heterocycles. The summed E-state index contributed by atoms with van der Waals surface area (Å²) in [5.74, 6) is 0.378. The van der Waals surface area contributed by atoms with E-state index < -0.39 is 28.6 Å². The van der Waals surface area contributed by atoms with Crippen LogP contribution in [0.1, 0.15) is 31.9 Å². The molecule has 0 amide bonds. The quantitative estimate of drug-likeness (QED) is 0.618. The maximum Gasteiger partial charge on any atom is 0.416 e. The minimum atomic E-state index is -4.45. The van der Waals surface area contributed by atoms with Crippen molar-refractivity contribution in [2.45, 2.75) is 26.9 Å². The Morgan fingerprint density at radius 2 is 1.84 bits per heavy atom. The fraction of sp³-hybridized carbons (Fsp3) is 0.462. The highest BCUT2D eigenvalue weighted by Gasteiger charge is 2.35. The van der Waals surface area contributed by atoms with Gasteiger partial charge in [-0.1, -0.05) is 39.0 Å². The molecule has 3 nitrogen and oxygen atoms in total.